The first kappa shape index (κ1) is 19.3. The summed E-state index contributed by atoms with van der Waals surface area (Å²) in [6.07, 6.45) is 1.50. The molecule has 2 aromatic rings. The van der Waals surface area contributed by atoms with Crippen LogP contribution in [0.4, 0.5) is 4.39 Å². The highest BCUT2D eigenvalue weighted by molar-refractivity contribution is 7.89. The molecule has 0 bridgehead atoms. The lowest BCUT2D eigenvalue weighted by molar-refractivity contribution is 0.0946. The second kappa shape index (κ2) is 8.49. The van der Waals surface area contributed by atoms with Gasteiger partial charge in [-0.2, -0.15) is 4.31 Å². The highest BCUT2D eigenvalue weighted by atomic mass is 32.2. The average molecular weight is 392 g/mol. The van der Waals surface area contributed by atoms with Crippen molar-refractivity contribution in [2.75, 3.05) is 26.2 Å². The van der Waals surface area contributed by atoms with Gasteiger partial charge in [-0.25, -0.2) is 12.8 Å². The summed E-state index contributed by atoms with van der Waals surface area (Å²) >= 11 is 0. The molecule has 0 spiro atoms. The van der Waals surface area contributed by atoms with E-state index in [4.69, 9.17) is 4.74 Å². The summed E-state index contributed by atoms with van der Waals surface area (Å²) in [7, 11) is -3.93. The van der Waals surface area contributed by atoms with Crippen LogP contribution in [-0.4, -0.2) is 44.9 Å². The number of benzene rings is 2. The zero-order valence-corrected chi connectivity index (χ0v) is 15.5. The number of nitrogens with zero attached hydrogens (tertiary/aromatic N) is 1. The van der Waals surface area contributed by atoms with Gasteiger partial charge in [0.2, 0.25) is 10.0 Å². The summed E-state index contributed by atoms with van der Waals surface area (Å²) in [5.41, 5.74) is 0.0916. The van der Waals surface area contributed by atoms with Crippen molar-refractivity contribution in [3.05, 3.63) is 59.9 Å². The Labute approximate surface area is 158 Å². The van der Waals surface area contributed by atoms with Crippen molar-refractivity contribution < 1.29 is 22.3 Å². The number of hydrogen-bond donors (Lipinski definition) is 1. The second-order valence-electron chi connectivity index (χ2n) is 6.17. The highest BCUT2D eigenvalue weighted by Crippen LogP contribution is 2.24. The van der Waals surface area contributed by atoms with Crippen molar-refractivity contribution in [3.8, 4) is 5.75 Å². The Balaban J connectivity index is 1.63. The molecule has 1 fully saturated rings. The average Bonchev–Trinajstić information content (AvgIpc) is 3.22. The molecule has 6 nitrogen and oxygen atoms in total. The van der Waals surface area contributed by atoms with Gasteiger partial charge in [-0.1, -0.05) is 18.2 Å². The highest BCUT2D eigenvalue weighted by Gasteiger charge is 2.30. The number of rotatable bonds is 7. The molecule has 8 heteroatoms. The Hall–Kier alpha value is -2.45. The molecular formula is C19H21FN2O4S. The largest absolute Gasteiger partial charge is 0.492 e. The molecule has 0 aliphatic carbocycles. The molecule has 0 radical (unpaired) electrons. The summed E-state index contributed by atoms with van der Waals surface area (Å²) in [6.45, 7) is 1.24. The third-order valence-electron chi connectivity index (χ3n) is 4.28. The van der Waals surface area contributed by atoms with E-state index in [0.29, 0.717) is 18.8 Å². The van der Waals surface area contributed by atoms with E-state index in [-0.39, 0.29) is 18.7 Å². The predicted octanol–water partition coefficient (Wildman–Crippen LogP) is 2.42. The fraction of sp³-hybridized carbons (Fsp3) is 0.316. The van der Waals surface area contributed by atoms with E-state index in [0.717, 1.165) is 25.0 Å². The standard InChI is InChI=1S/C19H21FN2O4S/c20-17-9-8-15(14-18(17)27(24,25)22-11-4-5-12-22)19(23)21-10-13-26-16-6-2-1-3-7-16/h1-3,6-9,14H,4-5,10-13H2,(H,21,23). The van der Waals surface area contributed by atoms with E-state index < -0.39 is 26.6 Å². The Morgan fingerprint density at radius 2 is 1.81 bits per heavy atom. The summed E-state index contributed by atoms with van der Waals surface area (Å²) in [4.78, 5) is 11.8. The van der Waals surface area contributed by atoms with Crippen LogP contribution < -0.4 is 10.1 Å². The number of carbonyl (C=O) groups is 1. The van der Waals surface area contributed by atoms with Crippen molar-refractivity contribution in [1.29, 1.82) is 0 Å². The lowest BCUT2D eigenvalue weighted by atomic mass is 10.2. The SMILES string of the molecule is O=C(NCCOc1ccccc1)c1ccc(F)c(S(=O)(=O)N2CCCC2)c1. The normalized spacial score (nSPS) is 14.9. The van der Waals surface area contributed by atoms with Gasteiger partial charge in [-0.05, 0) is 43.2 Å². The van der Waals surface area contributed by atoms with Crippen molar-refractivity contribution in [1.82, 2.24) is 9.62 Å². The molecule has 2 aromatic carbocycles. The maximum absolute atomic E-state index is 14.1. The zero-order valence-electron chi connectivity index (χ0n) is 14.7. The molecule has 0 unspecified atom stereocenters. The van der Waals surface area contributed by atoms with Gasteiger partial charge in [0, 0.05) is 18.7 Å². The molecule has 1 amide bonds. The van der Waals surface area contributed by atoms with Gasteiger partial charge in [-0.15, -0.1) is 0 Å². The van der Waals surface area contributed by atoms with Gasteiger partial charge >= 0.3 is 0 Å². The first-order valence-corrected chi connectivity index (χ1v) is 10.2. The fourth-order valence-electron chi connectivity index (χ4n) is 2.86. The Kier molecular flexibility index (Phi) is 6.08. The molecular weight excluding hydrogens is 371 g/mol. The van der Waals surface area contributed by atoms with Crippen LogP contribution in [0.3, 0.4) is 0 Å². The number of amides is 1. The van der Waals surface area contributed by atoms with E-state index in [2.05, 4.69) is 5.32 Å². The molecule has 1 saturated heterocycles. The first-order valence-electron chi connectivity index (χ1n) is 8.74. The maximum atomic E-state index is 14.1. The number of ether oxygens (including phenoxy) is 1. The van der Waals surface area contributed by atoms with Crippen LogP contribution >= 0.6 is 0 Å². The van der Waals surface area contributed by atoms with Crippen LogP contribution in [-0.2, 0) is 10.0 Å². The first-order chi connectivity index (χ1) is 13.0. The third-order valence-corrected chi connectivity index (χ3v) is 6.19. The Morgan fingerprint density at radius 1 is 1.11 bits per heavy atom. The molecule has 3 rings (SSSR count). The van der Waals surface area contributed by atoms with Crippen LogP contribution in [0.1, 0.15) is 23.2 Å². The fourth-order valence-corrected chi connectivity index (χ4v) is 4.47. The number of para-hydroxylation sites is 1. The molecule has 1 N–H and O–H groups in total. The number of carbonyl (C=O) groups excluding carboxylic acids is 1. The minimum Gasteiger partial charge on any atom is -0.492 e. The minimum absolute atomic E-state index is 0.0916. The quantitative estimate of drug-likeness (QED) is 0.735. The van der Waals surface area contributed by atoms with Crippen LogP contribution in [0.25, 0.3) is 0 Å². The number of hydrogen-bond acceptors (Lipinski definition) is 4. The summed E-state index contributed by atoms with van der Waals surface area (Å²) in [6, 6.07) is 12.5. The van der Waals surface area contributed by atoms with Gasteiger partial charge in [0.1, 0.15) is 23.1 Å². The molecule has 144 valence electrons. The van der Waals surface area contributed by atoms with Crippen molar-refractivity contribution in [3.63, 3.8) is 0 Å². The lowest BCUT2D eigenvalue weighted by Crippen LogP contribution is -2.30. The van der Waals surface area contributed by atoms with Crippen LogP contribution in [0.15, 0.2) is 53.4 Å². The number of nitrogens with one attached hydrogen (secondary N) is 1. The van der Waals surface area contributed by atoms with Crippen LogP contribution in [0.5, 0.6) is 5.75 Å². The van der Waals surface area contributed by atoms with Gasteiger partial charge in [0.05, 0.1) is 6.54 Å². The molecule has 0 aromatic heterocycles. The predicted molar refractivity (Wildman–Crippen MR) is 98.7 cm³/mol. The Bertz CT molecular complexity index is 897. The van der Waals surface area contributed by atoms with Crippen LogP contribution in [0, 0.1) is 5.82 Å². The summed E-state index contributed by atoms with van der Waals surface area (Å²) in [5.74, 6) is -0.650. The molecule has 0 atom stereocenters. The molecule has 0 saturated carbocycles. The van der Waals surface area contributed by atoms with E-state index in [9.17, 15) is 17.6 Å². The van der Waals surface area contributed by atoms with Crippen molar-refractivity contribution >= 4 is 15.9 Å². The monoisotopic (exact) mass is 392 g/mol. The smallest absolute Gasteiger partial charge is 0.251 e. The zero-order chi connectivity index (χ0) is 19.3. The van der Waals surface area contributed by atoms with E-state index in [1.807, 2.05) is 18.2 Å². The van der Waals surface area contributed by atoms with Gasteiger partial charge in [0.15, 0.2) is 0 Å². The summed E-state index contributed by atoms with van der Waals surface area (Å²) < 4.78 is 46.0. The third kappa shape index (κ3) is 4.64. The second-order valence-corrected chi connectivity index (χ2v) is 8.08. The molecule has 1 aliphatic rings. The van der Waals surface area contributed by atoms with Gasteiger partial charge in [-0.3, -0.25) is 4.79 Å². The molecule has 1 aliphatic heterocycles. The van der Waals surface area contributed by atoms with Crippen molar-refractivity contribution in [2.45, 2.75) is 17.7 Å². The van der Waals surface area contributed by atoms with Crippen LogP contribution in [0.2, 0.25) is 0 Å². The van der Waals surface area contributed by atoms with Crippen molar-refractivity contribution in [2.24, 2.45) is 0 Å². The number of halogens is 1. The van der Waals surface area contributed by atoms with E-state index in [1.165, 1.54) is 10.4 Å². The summed E-state index contributed by atoms with van der Waals surface area (Å²) in [5, 5.41) is 2.64. The van der Waals surface area contributed by atoms with Gasteiger partial charge in [0.25, 0.3) is 5.91 Å². The number of sulfonamides is 1. The minimum atomic E-state index is -3.93. The molecule has 27 heavy (non-hydrogen) atoms. The topological polar surface area (TPSA) is 75.7 Å². The van der Waals surface area contributed by atoms with E-state index in [1.54, 1.807) is 12.1 Å². The molecule has 1 heterocycles. The van der Waals surface area contributed by atoms with E-state index >= 15 is 0 Å². The van der Waals surface area contributed by atoms with Gasteiger partial charge < -0.3 is 10.1 Å². The Morgan fingerprint density at radius 3 is 2.52 bits per heavy atom. The maximum Gasteiger partial charge on any atom is 0.251 e. The lowest BCUT2D eigenvalue weighted by Gasteiger charge is -2.16.